The fourth-order valence-corrected chi connectivity index (χ4v) is 3.77. The largest absolute Gasteiger partial charge is 0.403 e. The molecule has 0 radical (unpaired) electrons. The summed E-state index contributed by atoms with van der Waals surface area (Å²) < 4.78 is 6.18. The maximum Gasteiger partial charge on any atom is 0.322 e. The van der Waals surface area contributed by atoms with E-state index in [4.69, 9.17) is 27.6 Å². The van der Waals surface area contributed by atoms with Crippen molar-refractivity contribution in [2.75, 3.05) is 5.32 Å². The van der Waals surface area contributed by atoms with Crippen LogP contribution in [0.2, 0.25) is 10.0 Å². The Balaban J connectivity index is 1.57. The molecule has 2 aromatic carbocycles. The van der Waals surface area contributed by atoms with E-state index in [0.717, 1.165) is 4.70 Å². The normalized spacial score (nSPS) is 10.9. The van der Waals surface area contributed by atoms with Gasteiger partial charge in [-0.05, 0) is 30.3 Å². The minimum atomic E-state index is -0.488. The van der Waals surface area contributed by atoms with Crippen molar-refractivity contribution in [3.05, 3.63) is 67.5 Å². The number of non-ortho nitro benzene ring substituents is 1. The van der Waals surface area contributed by atoms with Gasteiger partial charge < -0.3 is 4.42 Å². The second-order valence-corrected chi connectivity index (χ2v) is 7.51. The number of nitro benzene ring substituents is 1. The number of nitrogens with zero attached hydrogens (tertiary/aromatic N) is 3. The Morgan fingerprint density at radius 1 is 1.14 bits per heavy atom. The van der Waals surface area contributed by atoms with Crippen molar-refractivity contribution in [2.24, 2.45) is 0 Å². The predicted molar refractivity (Wildman–Crippen MR) is 106 cm³/mol. The summed E-state index contributed by atoms with van der Waals surface area (Å²) in [7, 11) is 0. The molecular formula is C17H8Cl2N4O4S. The molecule has 11 heteroatoms. The van der Waals surface area contributed by atoms with Crippen LogP contribution in [0, 0.1) is 10.1 Å². The van der Waals surface area contributed by atoms with Crippen molar-refractivity contribution in [1.29, 1.82) is 0 Å². The molecule has 0 bridgehead atoms. The first kappa shape index (κ1) is 18.4. The molecule has 28 heavy (non-hydrogen) atoms. The minimum Gasteiger partial charge on any atom is -0.403 e. The quantitative estimate of drug-likeness (QED) is 0.339. The highest BCUT2D eigenvalue weighted by Crippen LogP contribution is 2.32. The molecule has 0 aliphatic carbocycles. The minimum absolute atomic E-state index is 0.0443. The first-order chi connectivity index (χ1) is 13.4. The first-order valence-electron chi connectivity index (χ1n) is 7.69. The van der Waals surface area contributed by atoms with Gasteiger partial charge in [-0.3, -0.25) is 20.2 Å². The van der Waals surface area contributed by atoms with Gasteiger partial charge in [-0.1, -0.05) is 28.3 Å². The third-order valence-corrected chi connectivity index (χ3v) is 5.42. The number of hydrogen-bond donors (Lipinski definition) is 1. The van der Waals surface area contributed by atoms with Crippen LogP contribution in [-0.2, 0) is 0 Å². The number of rotatable bonds is 4. The molecule has 4 aromatic rings. The number of nitro groups is 1. The van der Waals surface area contributed by atoms with E-state index < -0.39 is 10.8 Å². The summed E-state index contributed by atoms with van der Waals surface area (Å²) in [5.41, 5.74) is 0.397. The molecule has 8 nitrogen and oxygen atoms in total. The number of anilines is 1. The third-order valence-electron chi connectivity index (χ3n) is 3.74. The smallest absolute Gasteiger partial charge is 0.322 e. The van der Waals surface area contributed by atoms with Crippen molar-refractivity contribution in [3.63, 3.8) is 0 Å². The molecule has 0 aliphatic heterocycles. The number of benzene rings is 2. The van der Waals surface area contributed by atoms with E-state index in [9.17, 15) is 14.9 Å². The molecular weight excluding hydrogens is 427 g/mol. The summed E-state index contributed by atoms with van der Waals surface area (Å²) in [6, 6.07) is 10.6. The van der Waals surface area contributed by atoms with Gasteiger partial charge in [0.2, 0.25) is 0 Å². The van der Waals surface area contributed by atoms with Crippen LogP contribution in [0.1, 0.15) is 9.67 Å². The summed E-state index contributed by atoms with van der Waals surface area (Å²) in [5.74, 6) is -0.369. The van der Waals surface area contributed by atoms with Crippen LogP contribution >= 0.6 is 34.5 Å². The molecule has 0 saturated carbocycles. The monoisotopic (exact) mass is 434 g/mol. The summed E-state index contributed by atoms with van der Waals surface area (Å²) >= 11 is 13.2. The molecule has 0 aliphatic rings. The zero-order valence-corrected chi connectivity index (χ0v) is 16.0. The summed E-state index contributed by atoms with van der Waals surface area (Å²) in [6.07, 6.45) is 0. The average molecular weight is 435 g/mol. The van der Waals surface area contributed by atoms with Crippen molar-refractivity contribution >= 4 is 62.2 Å². The van der Waals surface area contributed by atoms with Gasteiger partial charge in [0.05, 0.1) is 20.4 Å². The lowest BCUT2D eigenvalue weighted by Gasteiger charge is -1.99. The van der Waals surface area contributed by atoms with E-state index in [-0.39, 0.29) is 17.6 Å². The maximum atomic E-state index is 12.5. The number of nitrogens with one attached hydrogen (secondary N) is 1. The number of aromatic nitrogens is 2. The second kappa shape index (κ2) is 7.19. The Kier molecular flexibility index (Phi) is 4.71. The van der Waals surface area contributed by atoms with Crippen LogP contribution in [0.15, 0.2) is 46.9 Å². The zero-order chi connectivity index (χ0) is 19.8. The van der Waals surface area contributed by atoms with Crippen LogP contribution in [-0.4, -0.2) is 21.0 Å². The van der Waals surface area contributed by atoms with Crippen molar-refractivity contribution in [2.45, 2.75) is 0 Å². The summed E-state index contributed by atoms with van der Waals surface area (Å²) in [5, 5.41) is 22.4. The van der Waals surface area contributed by atoms with Gasteiger partial charge in [-0.15, -0.1) is 16.4 Å². The standard InChI is InChI=1S/C17H8Cl2N4O4S/c18-9-1-3-12(19)11(7-9)16-21-22-17(27-16)20-15(24)14-6-8-5-10(23(25)26)2-4-13(8)28-14/h1-7H,(H,20,22,24). The van der Waals surface area contributed by atoms with E-state index in [2.05, 4.69) is 15.5 Å². The Morgan fingerprint density at radius 2 is 1.96 bits per heavy atom. The summed E-state index contributed by atoms with van der Waals surface area (Å²) in [4.78, 5) is 23.2. The van der Waals surface area contributed by atoms with Gasteiger partial charge in [-0.2, -0.15) is 0 Å². The molecule has 0 fully saturated rings. The average Bonchev–Trinajstić information content (AvgIpc) is 3.29. The highest BCUT2D eigenvalue weighted by atomic mass is 35.5. The number of fused-ring (bicyclic) bond motifs is 1. The lowest BCUT2D eigenvalue weighted by Crippen LogP contribution is -2.10. The Labute approximate surface area is 170 Å². The van der Waals surface area contributed by atoms with Crippen molar-refractivity contribution in [1.82, 2.24) is 10.2 Å². The highest BCUT2D eigenvalue weighted by molar-refractivity contribution is 7.20. The van der Waals surface area contributed by atoms with Gasteiger partial charge in [0.1, 0.15) is 0 Å². The van der Waals surface area contributed by atoms with E-state index in [1.165, 1.54) is 23.5 Å². The van der Waals surface area contributed by atoms with E-state index >= 15 is 0 Å². The zero-order valence-electron chi connectivity index (χ0n) is 13.7. The lowest BCUT2D eigenvalue weighted by atomic mass is 10.2. The molecule has 0 spiro atoms. The van der Waals surface area contributed by atoms with Crippen LogP contribution in [0.3, 0.4) is 0 Å². The first-order valence-corrected chi connectivity index (χ1v) is 9.26. The highest BCUT2D eigenvalue weighted by Gasteiger charge is 2.17. The Bertz CT molecular complexity index is 1240. The maximum absolute atomic E-state index is 12.5. The van der Waals surface area contributed by atoms with Crippen molar-refractivity contribution < 1.29 is 14.1 Å². The fraction of sp³-hybridized carbons (Fsp3) is 0. The summed E-state index contributed by atoms with van der Waals surface area (Å²) in [6.45, 7) is 0. The van der Waals surface area contributed by atoms with Crippen LogP contribution in [0.25, 0.3) is 21.5 Å². The Morgan fingerprint density at radius 3 is 2.75 bits per heavy atom. The number of thiophene rings is 1. The topological polar surface area (TPSA) is 111 Å². The number of carbonyl (C=O) groups excluding carboxylic acids is 1. The molecule has 0 atom stereocenters. The van der Waals surface area contributed by atoms with Crippen molar-refractivity contribution in [3.8, 4) is 11.5 Å². The molecule has 140 valence electrons. The van der Waals surface area contributed by atoms with Gasteiger partial charge in [-0.25, -0.2) is 0 Å². The number of hydrogen-bond acceptors (Lipinski definition) is 7. The van der Waals surface area contributed by atoms with Crippen LogP contribution < -0.4 is 5.32 Å². The molecule has 2 aromatic heterocycles. The van der Waals surface area contributed by atoms with E-state index in [1.54, 1.807) is 30.3 Å². The molecule has 4 rings (SSSR count). The second-order valence-electron chi connectivity index (χ2n) is 5.58. The van der Waals surface area contributed by atoms with Gasteiger partial charge in [0, 0.05) is 27.2 Å². The van der Waals surface area contributed by atoms with Crippen LogP contribution in [0.4, 0.5) is 11.7 Å². The molecule has 2 heterocycles. The number of carbonyl (C=O) groups is 1. The predicted octanol–water partition coefficient (Wildman–Crippen LogP) is 5.42. The number of halogens is 2. The number of amides is 1. The SMILES string of the molecule is O=C(Nc1nnc(-c2cc(Cl)ccc2Cl)o1)c1cc2cc([N+](=O)[O-])ccc2s1. The molecule has 1 amide bonds. The molecule has 0 saturated heterocycles. The Hall–Kier alpha value is -3.01. The van der Waals surface area contributed by atoms with Gasteiger partial charge in [0.25, 0.3) is 17.5 Å². The third kappa shape index (κ3) is 3.55. The van der Waals surface area contributed by atoms with E-state index in [1.807, 2.05) is 0 Å². The van der Waals surface area contributed by atoms with E-state index in [0.29, 0.717) is 25.9 Å². The van der Waals surface area contributed by atoms with Gasteiger partial charge >= 0.3 is 6.01 Å². The molecule has 0 unspecified atom stereocenters. The fourth-order valence-electron chi connectivity index (χ4n) is 2.46. The lowest BCUT2D eigenvalue weighted by molar-refractivity contribution is -0.384. The van der Waals surface area contributed by atoms with Gasteiger partial charge in [0.15, 0.2) is 0 Å². The molecule has 1 N–H and O–H groups in total. The van der Waals surface area contributed by atoms with Crippen LogP contribution in [0.5, 0.6) is 0 Å².